The maximum Gasteiger partial charge on any atom is 0.472 e. The van der Waals surface area contributed by atoms with Gasteiger partial charge in [-0.3, -0.25) is 23.2 Å². The third kappa shape index (κ3) is 44.1. The molecule has 0 aliphatic heterocycles. The van der Waals surface area contributed by atoms with Crippen LogP contribution in [0, 0.1) is 5.92 Å². The molecule has 15 nitrogen and oxygen atoms in total. The molecule has 5 atom stereocenters. The summed E-state index contributed by atoms with van der Waals surface area (Å²) in [6.07, 6.45) is 33.0. The summed E-state index contributed by atoms with van der Waals surface area (Å²) >= 11 is 0. The Labute approximate surface area is 385 Å². The van der Waals surface area contributed by atoms with Crippen LogP contribution in [0.15, 0.2) is 36.5 Å². The summed E-state index contributed by atoms with van der Waals surface area (Å²) < 4.78 is 47.7. The molecule has 17 heteroatoms. The lowest BCUT2D eigenvalue weighted by Gasteiger charge is -2.20. The third-order valence-electron chi connectivity index (χ3n) is 10.4. The van der Waals surface area contributed by atoms with Gasteiger partial charge in [0, 0.05) is 12.8 Å². The van der Waals surface area contributed by atoms with Crippen LogP contribution in [0.3, 0.4) is 0 Å². The minimum Gasteiger partial charge on any atom is -0.462 e. The Bertz CT molecular complexity index is 1320. The van der Waals surface area contributed by atoms with Gasteiger partial charge in [0.2, 0.25) is 0 Å². The summed E-state index contributed by atoms with van der Waals surface area (Å²) in [6.45, 7) is 3.76. The standard InChI is InChI=1S/C47H88O15P2/c1-4-5-6-7-8-9-10-17-20-23-26-29-33-44(49)45(50)34-31-36-46(51)58-39-43(40-61-64(56,57)60-38-42(48)37-59-63(53,54)55)62-47(52)35-30-27-24-21-18-15-13-11-12-14-16-19-22-25-28-32-41(2)3/h8-9,17,20,26,29,41-45,48-50H,4-7,10-16,18-19,21-25,27-28,30-40H2,1-3H3,(H,56,57)(H2,53,54,55)/b9-8-,20-17-,29-26-/t42-,43+,44?,45?/m0/s1. The normalized spacial score (nSPS) is 15.3. The number of aliphatic hydroxyl groups excluding tert-OH is 3. The molecule has 0 saturated carbocycles. The van der Waals surface area contributed by atoms with Crippen LogP contribution < -0.4 is 0 Å². The average Bonchev–Trinajstić information content (AvgIpc) is 3.24. The van der Waals surface area contributed by atoms with Crippen molar-refractivity contribution in [1.29, 1.82) is 0 Å². The maximum atomic E-state index is 12.7. The minimum atomic E-state index is -4.89. The van der Waals surface area contributed by atoms with Crippen LogP contribution in [0.5, 0.6) is 0 Å². The predicted molar refractivity (Wildman–Crippen MR) is 251 cm³/mol. The van der Waals surface area contributed by atoms with Gasteiger partial charge in [0.1, 0.15) is 12.7 Å². The third-order valence-corrected chi connectivity index (χ3v) is 11.8. The lowest BCUT2D eigenvalue weighted by Crippen LogP contribution is -2.30. The lowest BCUT2D eigenvalue weighted by molar-refractivity contribution is -0.161. The number of carbonyl (C=O) groups excluding carboxylic acids is 2. The van der Waals surface area contributed by atoms with Crippen molar-refractivity contribution in [1.82, 2.24) is 0 Å². The molecule has 0 aromatic carbocycles. The second-order valence-corrected chi connectivity index (χ2v) is 19.9. The summed E-state index contributed by atoms with van der Waals surface area (Å²) in [4.78, 5) is 52.9. The number of aliphatic hydroxyl groups is 3. The highest BCUT2D eigenvalue weighted by molar-refractivity contribution is 7.47. The van der Waals surface area contributed by atoms with Crippen molar-refractivity contribution in [2.75, 3.05) is 26.4 Å². The fraction of sp³-hybridized carbons (Fsp3) is 0.830. The van der Waals surface area contributed by atoms with Gasteiger partial charge in [-0.2, -0.15) is 0 Å². The van der Waals surface area contributed by atoms with Crippen molar-refractivity contribution in [3.05, 3.63) is 36.5 Å². The van der Waals surface area contributed by atoms with E-state index in [2.05, 4.69) is 48.0 Å². The van der Waals surface area contributed by atoms with Gasteiger partial charge >= 0.3 is 27.6 Å². The largest absolute Gasteiger partial charge is 0.472 e. The molecule has 0 aliphatic rings. The van der Waals surface area contributed by atoms with Crippen molar-refractivity contribution in [2.45, 2.75) is 219 Å². The van der Waals surface area contributed by atoms with Gasteiger partial charge in [-0.25, -0.2) is 9.13 Å². The molecule has 0 aliphatic carbocycles. The Balaban J connectivity index is 4.65. The molecule has 0 spiro atoms. The van der Waals surface area contributed by atoms with E-state index < -0.39 is 78.4 Å². The van der Waals surface area contributed by atoms with Gasteiger partial charge in [-0.05, 0) is 57.3 Å². The molecule has 0 rings (SSSR count). The van der Waals surface area contributed by atoms with Crippen LogP contribution in [0.4, 0.5) is 0 Å². The fourth-order valence-electron chi connectivity index (χ4n) is 6.58. The van der Waals surface area contributed by atoms with E-state index in [-0.39, 0.29) is 32.1 Å². The summed E-state index contributed by atoms with van der Waals surface area (Å²) in [5.74, 6) is -0.506. The number of carbonyl (C=O) groups is 2. The first-order chi connectivity index (χ1) is 30.5. The smallest absolute Gasteiger partial charge is 0.462 e. The van der Waals surface area contributed by atoms with Crippen molar-refractivity contribution < 1.29 is 71.8 Å². The number of phosphoric acid groups is 2. The molecule has 0 heterocycles. The Kier molecular flexibility index (Phi) is 40.3. The Morgan fingerprint density at radius 2 is 1.03 bits per heavy atom. The van der Waals surface area contributed by atoms with E-state index in [4.69, 9.17) is 23.8 Å². The summed E-state index contributed by atoms with van der Waals surface area (Å²) in [6, 6.07) is 0. The number of allylic oxidation sites excluding steroid dienone is 5. The zero-order valence-electron chi connectivity index (χ0n) is 39.5. The van der Waals surface area contributed by atoms with Crippen LogP contribution >= 0.6 is 15.6 Å². The molecule has 3 unspecified atom stereocenters. The Morgan fingerprint density at radius 1 is 0.531 bits per heavy atom. The Morgan fingerprint density at radius 3 is 1.59 bits per heavy atom. The number of esters is 2. The van der Waals surface area contributed by atoms with E-state index in [1.165, 1.54) is 89.9 Å². The average molecular weight is 955 g/mol. The van der Waals surface area contributed by atoms with Crippen molar-refractivity contribution in [3.63, 3.8) is 0 Å². The highest BCUT2D eigenvalue weighted by Crippen LogP contribution is 2.44. The molecule has 64 heavy (non-hydrogen) atoms. The van der Waals surface area contributed by atoms with E-state index in [1.54, 1.807) is 6.08 Å². The van der Waals surface area contributed by atoms with Crippen molar-refractivity contribution in [3.8, 4) is 0 Å². The molecule has 376 valence electrons. The van der Waals surface area contributed by atoms with E-state index in [9.17, 15) is 38.9 Å². The predicted octanol–water partition coefficient (Wildman–Crippen LogP) is 10.6. The van der Waals surface area contributed by atoms with E-state index >= 15 is 0 Å². The Hall–Kier alpha value is -1.74. The number of hydrogen-bond acceptors (Lipinski definition) is 12. The van der Waals surface area contributed by atoms with Gasteiger partial charge in [-0.1, -0.05) is 166 Å². The van der Waals surface area contributed by atoms with Gasteiger partial charge in [-0.15, -0.1) is 0 Å². The molecule has 0 aromatic heterocycles. The lowest BCUT2D eigenvalue weighted by atomic mass is 10.0. The van der Waals surface area contributed by atoms with Crippen LogP contribution in [0.2, 0.25) is 0 Å². The van der Waals surface area contributed by atoms with Gasteiger partial charge < -0.3 is 39.5 Å². The minimum absolute atomic E-state index is 0.0736. The quantitative estimate of drug-likeness (QED) is 0.0144. The summed E-state index contributed by atoms with van der Waals surface area (Å²) in [5.41, 5.74) is 0. The maximum absolute atomic E-state index is 12.7. The second kappa shape index (κ2) is 41.4. The van der Waals surface area contributed by atoms with Crippen LogP contribution in [-0.2, 0) is 41.8 Å². The SMILES string of the molecule is CCCCC/C=C\C/C=C\C/C=C\CC(O)C(O)CCCC(=O)OC[C@H](COP(=O)(O)OC[C@@H](O)COP(=O)(O)O)OC(=O)CCCCCCCCCCCCCCCCCC(C)C. The first kappa shape index (κ1) is 62.3. The van der Waals surface area contributed by atoms with Gasteiger partial charge in [0.05, 0.1) is 32.0 Å². The molecular weight excluding hydrogens is 866 g/mol. The van der Waals surface area contributed by atoms with Crippen LogP contribution in [0.25, 0.3) is 0 Å². The zero-order chi connectivity index (χ0) is 47.7. The first-order valence-electron chi connectivity index (χ1n) is 24.2. The molecule has 0 aromatic rings. The number of unbranched alkanes of at least 4 members (excludes halogenated alkanes) is 17. The topological polar surface area (TPSA) is 236 Å². The number of ether oxygens (including phenoxy) is 2. The molecule has 0 amide bonds. The molecule has 0 radical (unpaired) electrons. The highest BCUT2D eigenvalue weighted by atomic mass is 31.2. The van der Waals surface area contributed by atoms with Gasteiger partial charge in [0.25, 0.3) is 0 Å². The van der Waals surface area contributed by atoms with Gasteiger partial charge in [0.15, 0.2) is 6.10 Å². The molecule has 6 N–H and O–H groups in total. The first-order valence-corrected chi connectivity index (χ1v) is 27.2. The van der Waals surface area contributed by atoms with Crippen molar-refractivity contribution in [2.24, 2.45) is 5.92 Å². The summed E-state index contributed by atoms with van der Waals surface area (Å²) in [7, 11) is -9.77. The number of phosphoric ester groups is 2. The zero-order valence-corrected chi connectivity index (χ0v) is 41.3. The molecule has 0 saturated heterocycles. The van der Waals surface area contributed by atoms with Crippen molar-refractivity contribution >= 4 is 27.6 Å². The monoisotopic (exact) mass is 955 g/mol. The second-order valence-electron chi connectivity index (χ2n) is 17.2. The molecule has 0 fully saturated rings. The summed E-state index contributed by atoms with van der Waals surface area (Å²) in [5, 5.41) is 30.5. The fourth-order valence-corrected chi connectivity index (χ4v) is 7.73. The van der Waals surface area contributed by atoms with Crippen LogP contribution in [-0.4, -0.2) is 92.8 Å². The van der Waals surface area contributed by atoms with E-state index in [0.717, 1.165) is 44.4 Å². The highest BCUT2D eigenvalue weighted by Gasteiger charge is 2.28. The van der Waals surface area contributed by atoms with Crippen LogP contribution in [0.1, 0.15) is 194 Å². The number of rotatable bonds is 45. The molecule has 0 bridgehead atoms. The number of hydrogen-bond donors (Lipinski definition) is 6. The van der Waals surface area contributed by atoms with E-state index in [1.807, 2.05) is 12.2 Å². The van der Waals surface area contributed by atoms with E-state index in [0.29, 0.717) is 12.8 Å². The molecular formula is C47H88O15P2.